The third kappa shape index (κ3) is 4.97. The number of aryl methyl sites for hydroxylation is 2. The summed E-state index contributed by atoms with van der Waals surface area (Å²) in [5, 5.41) is 2.95. The number of carbonyl (C=O) groups excluding carboxylic acids is 1. The van der Waals surface area contributed by atoms with Crippen LogP contribution in [0.3, 0.4) is 0 Å². The van der Waals surface area contributed by atoms with Gasteiger partial charge in [0.15, 0.2) is 0 Å². The molecule has 2 aromatic carbocycles. The number of carbonyl (C=O) groups is 1. The van der Waals surface area contributed by atoms with E-state index in [4.69, 9.17) is 9.15 Å². The van der Waals surface area contributed by atoms with Crippen LogP contribution in [0.15, 0.2) is 59.0 Å². The van der Waals surface area contributed by atoms with Gasteiger partial charge in [-0.3, -0.25) is 4.79 Å². The zero-order valence-corrected chi connectivity index (χ0v) is 15.7. The molecule has 0 atom stereocenters. The Labute approximate surface area is 159 Å². The molecule has 0 radical (unpaired) electrons. The lowest BCUT2D eigenvalue weighted by Gasteiger charge is -2.04. The average Bonchev–Trinajstić information content (AvgIpc) is 3.06. The molecular formula is C22H24N2O3. The standard InChI is InChI=1S/C22H24N2O3/c1-16-19(24-22(27-16)18-12-6-7-13-20(18)26-2)15-21(25)23-14-8-11-17-9-4-3-5-10-17/h3-7,9-10,12-13H,8,11,14-15H2,1-2H3,(H,23,25). The van der Waals surface area contributed by atoms with Gasteiger partial charge in [0, 0.05) is 6.54 Å². The van der Waals surface area contributed by atoms with Gasteiger partial charge in [-0.25, -0.2) is 4.98 Å². The third-order valence-electron chi connectivity index (χ3n) is 4.37. The van der Waals surface area contributed by atoms with Crippen molar-refractivity contribution in [2.45, 2.75) is 26.2 Å². The fourth-order valence-electron chi connectivity index (χ4n) is 2.91. The molecular weight excluding hydrogens is 340 g/mol. The Hall–Kier alpha value is -3.08. The summed E-state index contributed by atoms with van der Waals surface area (Å²) in [6, 6.07) is 17.8. The van der Waals surface area contributed by atoms with Gasteiger partial charge in [0.25, 0.3) is 0 Å². The molecule has 0 aliphatic heterocycles. The quantitative estimate of drug-likeness (QED) is 0.615. The minimum absolute atomic E-state index is 0.0500. The van der Waals surface area contributed by atoms with E-state index in [1.54, 1.807) is 7.11 Å². The van der Waals surface area contributed by atoms with Crippen LogP contribution < -0.4 is 10.1 Å². The molecule has 0 fully saturated rings. The highest BCUT2D eigenvalue weighted by Gasteiger charge is 2.16. The van der Waals surface area contributed by atoms with Crippen molar-refractivity contribution in [1.82, 2.24) is 10.3 Å². The van der Waals surface area contributed by atoms with Crippen molar-refractivity contribution in [3.63, 3.8) is 0 Å². The zero-order chi connectivity index (χ0) is 19.1. The molecule has 5 nitrogen and oxygen atoms in total. The summed E-state index contributed by atoms with van der Waals surface area (Å²) >= 11 is 0. The van der Waals surface area contributed by atoms with E-state index in [1.165, 1.54) is 5.56 Å². The zero-order valence-electron chi connectivity index (χ0n) is 15.7. The van der Waals surface area contributed by atoms with E-state index in [0.29, 0.717) is 29.6 Å². The average molecular weight is 364 g/mol. The molecule has 1 amide bonds. The fourth-order valence-corrected chi connectivity index (χ4v) is 2.91. The van der Waals surface area contributed by atoms with Crippen LogP contribution in [0.1, 0.15) is 23.4 Å². The molecule has 1 heterocycles. The maximum Gasteiger partial charge on any atom is 0.230 e. The Morgan fingerprint density at radius 2 is 1.85 bits per heavy atom. The summed E-state index contributed by atoms with van der Waals surface area (Å²) in [7, 11) is 1.61. The molecule has 27 heavy (non-hydrogen) atoms. The summed E-state index contributed by atoms with van der Waals surface area (Å²) in [5.74, 6) is 1.76. The first kappa shape index (κ1) is 18.7. The van der Waals surface area contributed by atoms with E-state index in [-0.39, 0.29) is 12.3 Å². The van der Waals surface area contributed by atoms with E-state index >= 15 is 0 Å². The molecule has 0 spiro atoms. The van der Waals surface area contributed by atoms with Crippen LogP contribution in [0, 0.1) is 6.92 Å². The van der Waals surface area contributed by atoms with Gasteiger partial charge in [-0.05, 0) is 37.5 Å². The first-order valence-electron chi connectivity index (χ1n) is 9.07. The third-order valence-corrected chi connectivity index (χ3v) is 4.37. The second-order valence-corrected chi connectivity index (χ2v) is 6.34. The van der Waals surface area contributed by atoms with Crippen molar-refractivity contribution in [2.75, 3.05) is 13.7 Å². The number of benzene rings is 2. The number of ether oxygens (including phenoxy) is 1. The second-order valence-electron chi connectivity index (χ2n) is 6.34. The number of para-hydroxylation sites is 1. The number of hydrogen-bond acceptors (Lipinski definition) is 4. The van der Waals surface area contributed by atoms with E-state index in [0.717, 1.165) is 18.4 Å². The highest BCUT2D eigenvalue weighted by molar-refractivity contribution is 5.78. The molecule has 0 saturated heterocycles. The van der Waals surface area contributed by atoms with Crippen molar-refractivity contribution < 1.29 is 13.9 Å². The van der Waals surface area contributed by atoms with Crippen LogP contribution in [-0.2, 0) is 17.6 Å². The molecule has 3 rings (SSSR count). The molecule has 5 heteroatoms. The van der Waals surface area contributed by atoms with Gasteiger partial charge in [-0.1, -0.05) is 42.5 Å². The monoisotopic (exact) mass is 364 g/mol. The lowest BCUT2D eigenvalue weighted by atomic mass is 10.1. The summed E-state index contributed by atoms with van der Waals surface area (Å²) in [6.45, 7) is 2.47. The minimum Gasteiger partial charge on any atom is -0.496 e. The minimum atomic E-state index is -0.0500. The Morgan fingerprint density at radius 3 is 2.63 bits per heavy atom. The van der Waals surface area contributed by atoms with Gasteiger partial charge >= 0.3 is 0 Å². The van der Waals surface area contributed by atoms with Gasteiger partial charge in [0.05, 0.1) is 24.8 Å². The van der Waals surface area contributed by atoms with E-state index in [9.17, 15) is 4.79 Å². The van der Waals surface area contributed by atoms with E-state index < -0.39 is 0 Å². The highest BCUT2D eigenvalue weighted by Crippen LogP contribution is 2.30. The number of amides is 1. The number of hydrogen-bond donors (Lipinski definition) is 1. The summed E-state index contributed by atoms with van der Waals surface area (Å²) < 4.78 is 11.1. The molecule has 1 aromatic heterocycles. The molecule has 0 bridgehead atoms. The normalized spacial score (nSPS) is 10.6. The molecule has 0 saturated carbocycles. The predicted molar refractivity (Wildman–Crippen MR) is 105 cm³/mol. The Kier molecular flexibility index (Phi) is 6.26. The van der Waals surface area contributed by atoms with Gasteiger partial charge in [-0.2, -0.15) is 0 Å². The number of rotatable bonds is 8. The van der Waals surface area contributed by atoms with Gasteiger partial charge < -0.3 is 14.5 Å². The van der Waals surface area contributed by atoms with Crippen LogP contribution in [-0.4, -0.2) is 24.5 Å². The Balaban J connectivity index is 1.54. The van der Waals surface area contributed by atoms with Gasteiger partial charge in [0.1, 0.15) is 11.5 Å². The molecule has 140 valence electrons. The lowest BCUT2D eigenvalue weighted by Crippen LogP contribution is -2.26. The largest absolute Gasteiger partial charge is 0.496 e. The van der Waals surface area contributed by atoms with Crippen molar-refractivity contribution in [3.05, 3.63) is 71.6 Å². The number of nitrogens with one attached hydrogen (secondary N) is 1. The second kappa shape index (κ2) is 9.03. The van der Waals surface area contributed by atoms with Crippen molar-refractivity contribution >= 4 is 5.91 Å². The van der Waals surface area contributed by atoms with Gasteiger partial charge in [0.2, 0.25) is 11.8 Å². The number of oxazole rings is 1. The summed E-state index contributed by atoms with van der Waals surface area (Å²) in [6.07, 6.45) is 2.05. The molecule has 0 aliphatic rings. The van der Waals surface area contributed by atoms with Crippen LogP contribution in [0.4, 0.5) is 0 Å². The molecule has 0 unspecified atom stereocenters. The summed E-state index contributed by atoms with van der Waals surface area (Å²) in [4.78, 5) is 16.7. The smallest absolute Gasteiger partial charge is 0.230 e. The predicted octanol–water partition coefficient (Wildman–Crippen LogP) is 3.95. The van der Waals surface area contributed by atoms with Crippen LogP contribution in [0.25, 0.3) is 11.5 Å². The number of aromatic nitrogens is 1. The number of nitrogens with zero attached hydrogens (tertiary/aromatic N) is 1. The fraction of sp³-hybridized carbons (Fsp3) is 0.273. The van der Waals surface area contributed by atoms with Crippen molar-refractivity contribution in [2.24, 2.45) is 0 Å². The van der Waals surface area contributed by atoms with E-state index in [2.05, 4.69) is 22.4 Å². The number of methoxy groups -OCH3 is 1. The van der Waals surface area contributed by atoms with E-state index in [1.807, 2.05) is 49.4 Å². The summed E-state index contributed by atoms with van der Waals surface area (Å²) in [5.41, 5.74) is 2.70. The van der Waals surface area contributed by atoms with Crippen LogP contribution in [0.2, 0.25) is 0 Å². The van der Waals surface area contributed by atoms with Crippen LogP contribution in [0.5, 0.6) is 5.75 Å². The Morgan fingerprint density at radius 1 is 1.11 bits per heavy atom. The Bertz CT molecular complexity index is 888. The van der Waals surface area contributed by atoms with Crippen molar-refractivity contribution in [1.29, 1.82) is 0 Å². The lowest BCUT2D eigenvalue weighted by molar-refractivity contribution is -0.120. The SMILES string of the molecule is COc1ccccc1-c1nc(CC(=O)NCCCc2ccccc2)c(C)o1. The maximum atomic E-state index is 12.2. The first-order chi connectivity index (χ1) is 13.2. The van der Waals surface area contributed by atoms with Crippen LogP contribution >= 0.6 is 0 Å². The molecule has 3 aromatic rings. The topological polar surface area (TPSA) is 64.4 Å². The van der Waals surface area contributed by atoms with Gasteiger partial charge in [-0.15, -0.1) is 0 Å². The highest BCUT2D eigenvalue weighted by atomic mass is 16.5. The molecule has 1 N–H and O–H groups in total. The maximum absolute atomic E-state index is 12.2. The molecule has 0 aliphatic carbocycles. The van der Waals surface area contributed by atoms with Crippen molar-refractivity contribution in [3.8, 4) is 17.2 Å². The first-order valence-corrected chi connectivity index (χ1v) is 9.07.